The van der Waals surface area contributed by atoms with E-state index >= 15 is 0 Å². The number of methoxy groups -OCH3 is 1. The lowest BCUT2D eigenvalue weighted by molar-refractivity contribution is -0.274. The lowest BCUT2D eigenvalue weighted by Gasteiger charge is -2.39. The highest BCUT2D eigenvalue weighted by Crippen LogP contribution is 2.33. The zero-order chi connectivity index (χ0) is 26.9. The van der Waals surface area contributed by atoms with Crippen LogP contribution >= 0.6 is 0 Å². The van der Waals surface area contributed by atoms with Crippen LogP contribution in [0.5, 0.6) is 11.5 Å². The Balaban J connectivity index is 1.55. The summed E-state index contributed by atoms with van der Waals surface area (Å²) in [7, 11) is 1.58. The molecule has 1 saturated carbocycles. The highest BCUT2D eigenvalue weighted by Gasteiger charge is 2.42. The molecule has 1 atom stereocenters. The van der Waals surface area contributed by atoms with Crippen LogP contribution in [0, 0.1) is 5.92 Å². The molecule has 0 aliphatic heterocycles. The largest absolute Gasteiger partial charge is 0.573 e. The van der Waals surface area contributed by atoms with Crippen LogP contribution in [0.15, 0.2) is 48.5 Å². The molecular formula is C27H34F3N3O4. The summed E-state index contributed by atoms with van der Waals surface area (Å²) in [5.74, 6) is -0.0594. The van der Waals surface area contributed by atoms with Crippen LogP contribution in [-0.4, -0.2) is 43.9 Å². The van der Waals surface area contributed by atoms with Gasteiger partial charge in [0, 0.05) is 18.8 Å². The molecule has 1 unspecified atom stereocenters. The molecule has 3 N–H and O–H groups in total. The monoisotopic (exact) mass is 521 g/mol. The predicted octanol–water partition coefficient (Wildman–Crippen LogP) is 4.82. The minimum Gasteiger partial charge on any atom is -0.497 e. The fourth-order valence-corrected chi connectivity index (χ4v) is 4.63. The van der Waals surface area contributed by atoms with E-state index in [1.54, 1.807) is 26.2 Å². The SMILES string of the molecule is COc1ccc(CC(=O)NC(C)(C(=O)NCCNc2ccc(OC(F)(F)F)cc2)C2CCCCC2)cc1. The molecule has 0 bridgehead atoms. The molecule has 0 heterocycles. The summed E-state index contributed by atoms with van der Waals surface area (Å²) in [6.45, 7) is 2.42. The lowest BCUT2D eigenvalue weighted by atomic mass is 9.75. The number of halogens is 3. The first-order valence-corrected chi connectivity index (χ1v) is 12.4. The Morgan fingerprint density at radius 2 is 1.54 bits per heavy atom. The van der Waals surface area contributed by atoms with Gasteiger partial charge in [-0.05, 0) is 67.6 Å². The molecule has 1 aliphatic rings. The number of nitrogens with one attached hydrogen (secondary N) is 3. The maximum Gasteiger partial charge on any atom is 0.573 e. The van der Waals surface area contributed by atoms with Gasteiger partial charge in [-0.3, -0.25) is 9.59 Å². The summed E-state index contributed by atoms with van der Waals surface area (Å²) in [4.78, 5) is 26.3. The standard InChI is InChI=1S/C27H34F3N3O4/c1-26(20-6-4-3-5-7-20,33-24(34)18-19-8-12-22(36-2)13-9-19)25(35)32-17-16-31-21-10-14-23(15-11-21)37-27(28,29)30/h8-15,20,31H,3-7,16-18H2,1-2H3,(H,32,35)(H,33,34). The number of hydrogen-bond acceptors (Lipinski definition) is 5. The second-order valence-electron chi connectivity index (χ2n) is 9.37. The first-order chi connectivity index (χ1) is 17.6. The molecule has 1 fully saturated rings. The van der Waals surface area contributed by atoms with Crippen molar-refractivity contribution in [2.75, 3.05) is 25.5 Å². The van der Waals surface area contributed by atoms with Gasteiger partial charge in [0.15, 0.2) is 0 Å². The van der Waals surface area contributed by atoms with E-state index in [-0.39, 0.29) is 36.4 Å². The second kappa shape index (κ2) is 12.7. The maximum atomic E-state index is 13.3. The summed E-state index contributed by atoms with van der Waals surface area (Å²) in [5, 5.41) is 8.98. The third-order valence-electron chi connectivity index (χ3n) is 6.64. The number of alkyl halides is 3. The van der Waals surface area contributed by atoms with Crippen molar-refractivity contribution in [1.29, 1.82) is 0 Å². The number of rotatable bonds is 11. The third-order valence-corrected chi connectivity index (χ3v) is 6.64. The van der Waals surface area contributed by atoms with Crippen LogP contribution in [-0.2, 0) is 16.0 Å². The average Bonchev–Trinajstić information content (AvgIpc) is 2.87. The number of benzene rings is 2. The molecule has 202 valence electrons. The Bertz CT molecular complexity index is 1020. The second-order valence-corrected chi connectivity index (χ2v) is 9.37. The van der Waals surface area contributed by atoms with E-state index in [1.165, 1.54) is 24.3 Å². The van der Waals surface area contributed by atoms with Crippen molar-refractivity contribution in [3.8, 4) is 11.5 Å². The van der Waals surface area contributed by atoms with E-state index in [9.17, 15) is 22.8 Å². The summed E-state index contributed by atoms with van der Waals surface area (Å²) in [5.41, 5.74) is 0.354. The van der Waals surface area contributed by atoms with Gasteiger partial charge in [-0.15, -0.1) is 13.2 Å². The number of anilines is 1. The summed E-state index contributed by atoms with van der Waals surface area (Å²) < 4.78 is 45.9. The normalized spacial score (nSPS) is 15.8. The van der Waals surface area contributed by atoms with E-state index in [4.69, 9.17) is 4.74 Å². The van der Waals surface area contributed by atoms with Gasteiger partial charge >= 0.3 is 6.36 Å². The van der Waals surface area contributed by atoms with Crippen molar-refractivity contribution in [2.24, 2.45) is 5.92 Å². The smallest absolute Gasteiger partial charge is 0.497 e. The Labute approximate surface area is 215 Å². The quantitative estimate of drug-likeness (QED) is 0.369. The molecule has 0 radical (unpaired) electrons. The molecule has 2 aromatic carbocycles. The Kier molecular flexibility index (Phi) is 9.66. The molecule has 0 aromatic heterocycles. The highest BCUT2D eigenvalue weighted by atomic mass is 19.4. The van der Waals surface area contributed by atoms with Crippen molar-refractivity contribution in [1.82, 2.24) is 10.6 Å². The summed E-state index contributed by atoms with van der Waals surface area (Å²) in [6.07, 6.45) is 0.262. The zero-order valence-corrected chi connectivity index (χ0v) is 21.1. The number of hydrogen-bond donors (Lipinski definition) is 3. The number of amides is 2. The third kappa shape index (κ3) is 8.58. The Morgan fingerprint density at radius 1 is 0.919 bits per heavy atom. The van der Waals surface area contributed by atoms with Gasteiger partial charge < -0.3 is 25.4 Å². The maximum absolute atomic E-state index is 13.3. The lowest BCUT2D eigenvalue weighted by Crippen LogP contribution is -2.62. The van der Waals surface area contributed by atoms with Crippen molar-refractivity contribution >= 4 is 17.5 Å². The summed E-state index contributed by atoms with van der Waals surface area (Å²) >= 11 is 0. The summed E-state index contributed by atoms with van der Waals surface area (Å²) in [6, 6.07) is 12.6. The molecule has 2 aromatic rings. The van der Waals surface area contributed by atoms with Crippen LogP contribution in [0.2, 0.25) is 0 Å². The van der Waals surface area contributed by atoms with Gasteiger partial charge in [0.1, 0.15) is 17.0 Å². The highest BCUT2D eigenvalue weighted by molar-refractivity contribution is 5.92. The minimum absolute atomic E-state index is 0.0233. The van der Waals surface area contributed by atoms with Crippen LogP contribution in [0.3, 0.4) is 0 Å². The molecule has 10 heteroatoms. The van der Waals surface area contributed by atoms with Crippen molar-refractivity contribution in [2.45, 2.75) is 57.3 Å². The Hall–Kier alpha value is -3.43. The number of ether oxygens (including phenoxy) is 2. The van der Waals surface area contributed by atoms with Crippen LogP contribution < -0.4 is 25.4 Å². The number of carbonyl (C=O) groups excluding carboxylic acids is 2. The molecule has 7 nitrogen and oxygen atoms in total. The first kappa shape index (κ1) is 28.1. The fraction of sp³-hybridized carbons (Fsp3) is 0.481. The van der Waals surface area contributed by atoms with E-state index in [2.05, 4.69) is 20.7 Å². The molecule has 2 amide bonds. The van der Waals surface area contributed by atoms with Crippen LogP contribution in [0.4, 0.5) is 18.9 Å². The van der Waals surface area contributed by atoms with E-state index < -0.39 is 11.9 Å². The van der Waals surface area contributed by atoms with Crippen molar-refractivity contribution in [3.63, 3.8) is 0 Å². The number of carbonyl (C=O) groups is 2. The zero-order valence-electron chi connectivity index (χ0n) is 21.1. The van der Waals surface area contributed by atoms with Gasteiger partial charge in [0.25, 0.3) is 0 Å². The molecule has 0 saturated heterocycles. The Morgan fingerprint density at radius 3 is 2.14 bits per heavy atom. The van der Waals surface area contributed by atoms with Crippen LogP contribution in [0.1, 0.15) is 44.6 Å². The van der Waals surface area contributed by atoms with Crippen molar-refractivity contribution < 1.29 is 32.2 Å². The van der Waals surface area contributed by atoms with E-state index in [1.807, 2.05) is 12.1 Å². The molecular weight excluding hydrogens is 487 g/mol. The van der Waals surface area contributed by atoms with E-state index in [0.717, 1.165) is 37.7 Å². The first-order valence-electron chi connectivity index (χ1n) is 12.4. The molecule has 37 heavy (non-hydrogen) atoms. The molecule has 0 spiro atoms. The molecule has 1 aliphatic carbocycles. The van der Waals surface area contributed by atoms with E-state index in [0.29, 0.717) is 18.0 Å². The van der Waals surface area contributed by atoms with Gasteiger partial charge in [0.2, 0.25) is 11.8 Å². The van der Waals surface area contributed by atoms with Gasteiger partial charge in [-0.1, -0.05) is 31.4 Å². The van der Waals surface area contributed by atoms with Crippen LogP contribution in [0.25, 0.3) is 0 Å². The minimum atomic E-state index is -4.74. The average molecular weight is 522 g/mol. The predicted molar refractivity (Wildman–Crippen MR) is 134 cm³/mol. The van der Waals surface area contributed by atoms with Crippen molar-refractivity contribution in [3.05, 3.63) is 54.1 Å². The molecule has 3 rings (SSSR count). The van der Waals surface area contributed by atoms with Gasteiger partial charge in [-0.2, -0.15) is 0 Å². The topological polar surface area (TPSA) is 88.7 Å². The van der Waals surface area contributed by atoms with Gasteiger partial charge in [0.05, 0.1) is 13.5 Å². The van der Waals surface area contributed by atoms with Gasteiger partial charge in [-0.25, -0.2) is 0 Å². The fourth-order valence-electron chi connectivity index (χ4n) is 4.63.